The highest BCUT2D eigenvalue weighted by Gasteiger charge is 2.40. The van der Waals surface area contributed by atoms with E-state index in [0.717, 1.165) is 46.9 Å². The molecule has 210 valence electrons. The third-order valence-electron chi connectivity index (χ3n) is 7.27. The van der Waals surface area contributed by atoms with Crippen LogP contribution >= 0.6 is 0 Å². The van der Waals surface area contributed by atoms with Gasteiger partial charge >= 0.3 is 11.7 Å². The zero-order chi connectivity index (χ0) is 29.4. The first-order chi connectivity index (χ1) is 19.5. The fourth-order valence-corrected chi connectivity index (χ4v) is 5.29. The molecule has 1 N–H and O–H groups in total. The molecule has 0 spiro atoms. The first-order valence-electron chi connectivity index (χ1n) is 12.9. The number of nitro groups is 2. The fraction of sp³-hybridized carbons (Fsp3) is 0.250. The molecule has 0 atom stereocenters. The average molecular weight is 560 g/mol. The number of amides is 4. The Morgan fingerprint density at radius 3 is 2.27 bits per heavy atom. The molecule has 2 fully saturated rings. The minimum atomic E-state index is -0.751. The Kier molecular flexibility index (Phi) is 7.10. The molecule has 13 heteroatoms. The van der Waals surface area contributed by atoms with Gasteiger partial charge in [-0.05, 0) is 74.7 Å². The summed E-state index contributed by atoms with van der Waals surface area (Å²) in [5.41, 5.74) is 1.83. The number of carbonyl (C=O) groups excluding carboxylic acids is 3. The van der Waals surface area contributed by atoms with Crippen molar-refractivity contribution in [2.24, 2.45) is 0 Å². The molecule has 0 unspecified atom stereocenters. The van der Waals surface area contributed by atoms with Crippen LogP contribution in [0.2, 0.25) is 0 Å². The van der Waals surface area contributed by atoms with Gasteiger partial charge in [-0.3, -0.25) is 40.0 Å². The van der Waals surface area contributed by atoms with Crippen LogP contribution in [0.25, 0.3) is 11.8 Å². The molecule has 2 aliphatic rings. The van der Waals surface area contributed by atoms with Gasteiger partial charge < -0.3 is 9.30 Å². The van der Waals surface area contributed by atoms with Gasteiger partial charge in [-0.15, -0.1) is 0 Å². The van der Waals surface area contributed by atoms with Crippen molar-refractivity contribution in [3.63, 3.8) is 0 Å². The van der Waals surface area contributed by atoms with Crippen LogP contribution in [0, 0.1) is 34.1 Å². The van der Waals surface area contributed by atoms with Gasteiger partial charge in [-0.2, -0.15) is 0 Å². The summed E-state index contributed by atoms with van der Waals surface area (Å²) in [6.45, 7) is 3.69. The zero-order valence-electron chi connectivity index (χ0n) is 22.2. The number of benzene rings is 2. The van der Waals surface area contributed by atoms with E-state index >= 15 is 0 Å². The lowest BCUT2D eigenvalue weighted by atomic mass is 10.1. The highest BCUT2D eigenvalue weighted by atomic mass is 16.6. The summed E-state index contributed by atoms with van der Waals surface area (Å²) in [6, 6.07) is 10.7. The van der Waals surface area contributed by atoms with E-state index in [-0.39, 0.29) is 23.1 Å². The Labute approximate surface area is 233 Å². The van der Waals surface area contributed by atoms with E-state index in [9.17, 15) is 34.6 Å². The van der Waals surface area contributed by atoms with Crippen molar-refractivity contribution in [1.29, 1.82) is 0 Å². The summed E-state index contributed by atoms with van der Waals surface area (Å²) in [5.74, 6) is -1.20. The van der Waals surface area contributed by atoms with Gasteiger partial charge in [0, 0.05) is 29.2 Å². The van der Waals surface area contributed by atoms with Crippen molar-refractivity contribution in [3.8, 4) is 17.2 Å². The Balaban J connectivity index is 1.41. The number of hydrogen-bond donors (Lipinski definition) is 1. The van der Waals surface area contributed by atoms with E-state index < -0.39 is 39.1 Å². The van der Waals surface area contributed by atoms with Gasteiger partial charge in [-0.25, -0.2) is 4.79 Å². The highest BCUT2D eigenvalue weighted by Crippen LogP contribution is 2.35. The molecule has 3 aromatic rings. The summed E-state index contributed by atoms with van der Waals surface area (Å²) < 4.78 is 7.55. The maximum Gasteiger partial charge on any atom is 0.331 e. The molecule has 5 rings (SSSR count). The number of non-ortho nitro benzene ring substituents is 1. The van der Waals surface area contributed by atoms with Crippen molar-refractivity contribution in [1.82, 2.24) is 14.8 Å². The standard InChI is InChI=1S/C28H25N5O8/c1-16-13-18(14-23-26(34)29-28(36)31(27(23)35)19-5-3-4-6-19)17(2)30(16)20-7-10-22(11-8-20)41-25-12-9-21(32(37)38)15-24(25)33(39)40/h7-15,19H,3-6H2,1-2H3,(H,29,34,36)/b23-14+. The van der Waals surface area contributed by atoms with Gasteiger partial charge in [0.05, 0.1) is 15.9 Å². The molecular weight excluding hydrogens is 534 g/mol. The fourth-order valence-electron chi connectivity index (χ4n) is 5.29. The van der Waals surface area contributed by atoms with Crippen molar-refractivity contribution in [3.05, 3.63) is 91.3 Å². The quantitative estimate of drug-likeness (QED) is 0.180. The monoisotopic (exact) mass is 559 g/mol. The van der Waals surface area contributed by atoms with E-state index in [4.69, 9.17) is 4.74 Å². The molecule has 1 aromatic heterocycles. The third kappa shape index (κ3) is 5.16. The number of aromatic nitrogens is 1. The summed E-state index contributed by atoms with van der Waals surface area (Å²) >= 11 is 0. The maximum absolute atomic E-state index is 13.2. The summed E-state index contributed by atoms with van der Waals surface area (Å²) in [4.78, 5) is 60.3. The first-order valence-corrected chi connectivity index (χ1v) is 12.9. The topological polar surface area (TPSA) is 167 Å². The Hall–Kier alpha value is -5.33. The molecule has 13 nitrogen and oxygen atoms in total. The van der Waals surface area contributed by atoms with Gasteiger partial charge in [0.2, 0.25) is 5.75 Å². The Morgan fingerprint density at radius 2 is 1.63 bits per heavy atom. The van der Waals surface area contributed by atoms with Gasteiger partial charge in [0.1, 0.15) is 11.3 Å². The van der Waals surface area contributed by atoms with Crippen LogP contribution in [0.1, 0.15) is 42.6 Å². The third-order valence-corrected chi connectivity index (χ3v) is 7.27. The number of rotatable bonds is 7. The van der Waals surface area contributed by atoms with Crippen molar-refractivity contribution in [2.45, 2.75) is 45.6 Å². The minimum absolute atomic E-state index is 0.106. The van der Waals surface area contributed by atoms with Crippen LogP contribution in [0.4, 0.5) is 16.2 Å². The predicted molar refractivity (Wildman–Crippen MR) is 146 cm³/mol. The minimum Gasteiger partial charge on any atom is -0.450 e. The molecule has 2 heterocycles. The van der Waals surface area contributed by atoms with Gasteiger partial charge in [0.25, 0.3) is 17.5 Å². The SMILES string of the molecule is Cc1cc(/C=C2\C(=O)NC(=O)N(C3CCCC3)C2=O)c(C)n1-c1ccc(Oc2ccc([N+](=O)[O-])cc2[N+](=O)[O-])cc1. The lowest BCUT2D eigenvalue weighted by Gasteiger charge is -2.31. The van der Waals surface area contributed by atoms with Crippen LogP contribution in [0.5, 0.6) is 11.5 Å². The number of ether oxygens (including phenoxy) is 1. The molecule has 1 aliphatic carbocycles. The number of imide groups is 2. The molecule has 1 aliphatic heterocycles. The Bertz CT molecular complexity index is 1630. The van der Waals surface area contributed by atoms with Crippen LogP contribution in [0.3, 0.4) is 0 Å². The van der Waals surface area contributed by atoms with Crippen LogP contribution in [-0.4, -0.2) is 43.2 Å². The molecular formula is C28H25N5O8. The Morgan fingerprint density at radius 1 is 0.951 bits per heavy atom. The van der Waals surface area contributed by atoms with Crippen molar-refractivity contribution in [2.75, 3.05) is 0 Å². The number of aryl methyl sites for hydroxylation is 1. The van der Waals surface area contributed by atoms with Gasteiger partial charge in [-0.1, -0.05) is 12.8 Å². The van der Waals surface area contributed by atoms with Crippen molar-refractivity contribution >= 4 is 35.3 Å². The number of nitrogens with zero attached hydrogens (tertiary/aromatic N) is 4. The predicted octanol–water partition coefficient (Wildman–Crippen LogP) is 5.11. The largest absolute Gasteiger partial charge is 0.450 e. The van der Waals surface area contributed by atoms with E-state index in [1.54, 1.807) is 24.3 Å². The molecule has 2 aromatic carbocycles. The summed E-state index contributed by atoms with van der Waals surface area (Å²) in [7, 11) is 0. The second-order valence-electron chi connectivity index (χ2n) is 9.85. The molecule has 0 radical (unpaired) electrons. The molecule has 41 heavy (non-hydrogen) atoms. The molecule has 4 amide bonds. The van der Waals surface area contributed by atoms with Crippen LogP contribution in [-0.2, 0) is 9.59 Å². The first kappa shape index (κ1) is 27.2. The average Bonchev–Trinajstić information content (AvgIpc) is 3.54. The molecule has 0 bridgehead atoms. The highest BCUT2D eigenvalue weighted by molar-refractivity contribution is 6.31. The number of carbonyl (C=O) groups is 3. The normalized spacial score (nSPS) is 16.8. The number of hydrogen-bond acceptors (Lipinski definition) is 8. The lowest BCUT2D eigenvalue weighted by Crippen LogP contribution is -2.57. The summed E-state index contributed by atoms with van der Waals surface area (Å²) in [5, 5.41) is 24.7. The van der Waals surface area contributed by atoms with Gasteiger partial charge in [0.15, 0.2) is 0 Å². The lowest BCUT2D eigenvalue weighted by molar-refractivity contribution is -0.394. The number of barbiturate groups is 1. The second kappa shape index (κ2) is 10.7. The zero-order valence-corrected chi connectivity index (χ0v) is 22.2. The summed E-state index contributed by atoms with van der Waals surface area (Å²) in [6.07, 6.45) is 4.77. The number of nitro benzene ring substituents is 2. The number of nitrogens with one attached hydrogen (secondary N) is 1. The molecule has 1 saturated heterocycles. The second-order valence-corrected chi connectivity index (χ2v) is 9.85. The van der Waals surface area contributed by atoms with E-state index in [1.165, 1.54) is 12.1 Å². The van der Waals surface area contributed by atoms with Crippen LogP contribution in [0.15, 0.2) is 54.1 Å². The smallest absolute Gasteiger partial charge is 0.331 e. The van der Waals surface area contributed by atoms with Crippen LogP contribution < -0.4 is 10.1 Å². The number of urea groups is 1. The van der Waals surface area contributed by atoms with E-state index in [1.807, 2.05) is 24.5 Å². The van der Waals surface area contributed by atoms with E-state index in [0.29, 0.717) is 18.4 Å². The molecule has 1 saturated carbocycles. The van der Waals surface area contributed by atoms with Crippen molar-refractivity contribution < 1.29 is 29.0 Å². The van der Waals surface area contributed by atoms with E-state index in [2.05, 4.69) is 5.32 Å². The maximum atomic E-state index is 13.2.